The Morgan fingerprint density at radius 1 is 1.41 bits per heavy atom. The Hall–Kier alpha value is -1.95. The SMILES string of the molecule is CCOC(=O)C[C@H](NC(=O)COC1CC1)c1cccc(F)c1. The molecule has 0 aliphatic heterocycles. The molecule has 1 fully saturated rings. The maximum absolute atomic E-state index is 13.4. The van der Waals surface area contributed by atoms with Crippen LogP contribution in [0.2, 0.25) is 0 Å². The van der Waals surface area contributed by atoms with Gasteiger partial charge < -0.3 is 14.8 Å². The summed E-state index contributed by atoms with van der Waals surface area (Å²) in [5.74, 6) is -1.19. The van der Waals surface area contributed by atoms with E-state index in [-0.39, 0.29) is 31.6 Å². The molecule has 22 heavy (non-hydrogen) atoms. The fourth-order valence-corrected chi connectivity index (χ4v) is 2.03. The zero-order valence-electron chi connectivity index (χ0n) is 12.5. The lowest BCUT2D eigenvalue weighted by atomic mass is 10.0. The van der Waals surface area contributed by atoms with Crippen LogP contribution in [0.3, 0.4) is 0 Å². The number of halogens is 1. The first-order chi connectivity index (χ1) is 10.6. The number of amides is 1. The molecule has 5 nitrogen and oxygen atoms in total. The lowest BCUT2D eigenvalue weighted by molar-refractivity contribution is -0.144. The van der Waals surface area contributed by atoms with Gasteiger partial charge in [-0.15, -0.1) is 0 Å². The minimum absolute atomic E-state index is 0.0491. The van der Waals surface area contributed by atoms with Gasteiger partial charge in [-0.3, -0.25) is 9.59 Å². The van der Waals surface area contributed by atoms with E-state index < -0.39 is 17.8 Å². The molecule has 0 bridgehead atoms. The van der Waals surface area contributed by atoms with Crippen molar-refractivity contribution < 1.29 is 23.5 Å². The van der Waals surface area contributed by atoms with Crippen molar-refractivity contribution in [1.82, 2.24) is 5.32 Å². The summed E-state index contributed by atoms with van der Waals surface area (Å²) in [4.78, 5) is 23.6. The summed E-state index contributed by atoms with van der Waals surface area (Å²) in [6, 6.07) is 5.17. The highest BCUT2D eigenvalue weighted by atomic mass is 19.1. The van der Waals surface area contributed by atoms with Crippen LogP contribution >= 0.6 is 0 Å². The lowest BCUT2D eigenvalue weighted by Gasteiger charge is -2.18. The summed E-state index contributed by atoms with van der Waals surface area (Å²) in [7, 11) is 0. The Balaban J connectivity index is 1.99. The molecule has 1 amide bonds. The Bertz CT molecular complexity index is 531. The topological polar surface area (TPSA) is 64.6 Å². The molecule has 0 spiro atoms. The van der Waals surface area contributed by atoms with Gasteiger partial charge in [-0.05, 0) is 37.5 Å². The smallest absolute Gasteiger partial charge is 0.308 e. The number of hydrogen-bond acceptors (Lipinski definition) is 4. The molecule has 0 saturated heterocycles. The van der Waals surface area contributed by atoms with Crippen molar-refractivity contribution in [2.24, 2.45) is 0 Å². The maximum atomic E-state index is 13.4. The average molecular weight is 309 g/mol. The number of rotatable bonds is 8. The Labute approximate surface area is 128 Å². The average Bonchev–Trinajstić information content (AvgIpc) is 3.29. The van der Waals surface area contributed by atoms with Crippen molar-refractivity contribution >= 4 is 11.9 Å². The molecule has 0 unspecified atom stereocenters. The number of benzene rings is 1. The second kappa shape index (κ2) is 7.89. The van der Waals surface area contributed by atoms with E-state index in [0.717, 1.165) is 12.8 Å². The van der Waals surface area contributed by atoms with Crippen LogP contribution in [-0.2, 0) is 19.1 Å². The molecular weight excluding hydrogens is 289 g/mol. The lowest BCUT2D eigenvalue weighted by Crippen LogP contribution is -2.33. The first-order valence-corrected chi connectivity index (χ1v) is 7.40. The molecule has 1 atom stereocenters. The van der Waals surface area contributed by atoms with Gasteiger partial charge in [-0.25, -0.2) is 4.39 Å². The molecule has 0 radical (unpaired) electrons. The quantitative estimate of drug-likeness (QED) is 0.747. The number of esters is 1. The fourth-order valence-electron chi connectivity index (χ4n) is 2.03. The van der Waals surface area contributed by atoms with Crippen molar-refractivity contribution in [3.63, 3.8) is 0 Å². The molecule has 120 valence electrons. The minimum atomic E-state index is -0.634. The molecule has 6 heteroatoms. The van der Waals surface area contributed by atoms with Crippen LogP contribution in [0.4, 0.5) is 4.39 Å². The number of carbonyl (C=O) groups is 2. The van der Waals surface area contributed by atoms with E-state index in [1.54, 1.807) is 13.0 Å². The van der Waals surface area contributed by atoms with E-state index in [0.29, 0.717) is 5.56 Å². The van der Waals surface area contributed by atoms with E-state index in [1.807, 2.05) is 0 Å². The highest BCUT2D eigenvalue weighted by Crippen LogP contribution is 2.23. The monoisotopic (exact) mass is 309 g/mol. The van der Waals surface area contributed by atoms with Crippen LogP contribution in [0.25, 0.3) is 0 Å². The van der Waals surface area contributed by atoms with Crippen molar-refractivity contribution in [3.05, 3.63) is 35.6 Å². The van der Waals surface area contributed by atoms with Crippen LogP contribution in [0, 0.1) is 5.82 Å². The largest absolute Gasteiger partial charge is 0.466 e. The molecule has 1 aliphatic carbocycles. The summed E-state index contributed by atoms with van der Waals surface area (Å²) < 4.78 is 23.6. The summed E-state index contributed by atoms with van der Waals surface area (Å²) in [5, 5.41) is 2.70. The Morgan fingerprint density at radius 2 is 2.18 bits per heavy atom. The third-order valence-electron chi connectivity index (χ3n) is 3.24. The second-order valence-corrected chi connectivity index (χ2v) is 5.19. The number of ether oxygens (including phenoxy) is 2. The van der Waals surface area contributed by atoms with Gasteiger partial charge in [0.25, 0.3) is 0 Å². The van der Waals surface area contributed by atoms with Crippen LogP contribution < -0.4 is 5.32 Å². The molecule has 2 rings (SSSR count). The molecular formula is C16H20FNO4. The van der Waals surface area contributed by atoms with Gasteiger partial charge in [0.05, 0.1) is 25.2 Å². The second-order valence-electron chi connectivity index (χ2n) is 5.19. The van der Waals surface area contributed by atoms with Crippen LogP contribution in [0.15, 0.2) is 24.3 Å². The van der Waals surface area contributed by atoms with Crippen molar-refractivity contribution in [2.45, 2.75) is 38.3 Å². The minimum Gasteiger partial charge on any atom is -0.466 e. The van der Waals surface area contributed by atoms with Gasteiger partial charge >= 0.3 is 5.97 Å². The summed E-state index contributed by atoms with van der Waals surface area (Å²) in [6.45, 7) is 1.91. The number of hydrogen-bond donors (Lipinski definition) is 1. The van der Waals surface area contributed by atoms with Gasteiger partial charge in [0, 0.05) is 0 Å². The van der Waals surface area contributed by atoms with Crippen LogP contribution in [0.1, 0.15) is 37.8 Å². The van der Waals surface area contributed by atoms with Crippen molar-refractivity contribution in [2.75, 3.05) is 13.2 Å². The van der Waals surface area contributed by atoms with Crippen molar-refractivity contribution in [1.29, 1.82) is 0 Å². The van der Waals surface area contributed by atoms with Gasteiger partial charge in [0.1, 0.15) is 12.4 Å². The van der Waals surface area contributed by atoms with Gasteiger partial charge in [-0.1, -0.05) is 12.1 Å². The fraction of sp³-hybridized carbons (Fsp3) is 0.500. The molecule has 1 aliphatic rings. The van der Waals surface area contributed by atoms with Crippen LogP contribution in [-0.4, -0.2) is 31.2 Å². The van der Waals surface area contributed by atoms with Crippen LogP contribution in [0.5, 0.6) is 0 Å². The number of nitrogens with one attached hydrogen (secondary N) is 1. The molecule has 1 aromatic carbocycles. The molecule has 1 N–H and O–H groups in total. The number of carbonyl (C=O) groups excluding carboxylic acids is 2. The van der Waals surface area contributed by atoms with E-state index in [9.17, 15) is 14.0 Å². The standard InChI is InChI=1S/C16H20FNO4/c1-2-21-16(20)9-14(11-4-3-5-12(17)8-11)18-15(19)10-22-13-6-7-13/h3-5,8,13-14H,2,6-7,9-10H2,1H3,(H,18,19)/t14-/m0/s1. The predicted octanol–water partition coefficient (Wildman–Crippen LogP) is 2.12. The van der Waals surface area contributed by atoms with Gasteiger partial charge in [0.2, 0.25) is 5.91 Å². The summed E-state index contributed by atoms with van der Waals surface area (Å²) >= 11 is 0. The molecule has 1 aromatic rings. The van der Waals surface area contributed by atoms with E-state index in [1.165, 1.54) is 18.2 Å². The third-order valence-corrected chi connectivity index (χ3v) is 3.24. The van der Waals surface area contributed by atoms with Gasteiger partial charge in [0.15, 0.2) is 0 Å². The van der Waals surface area contributed by atoms with E-state index >= 15 is 0 Å². The summed E-state index contributed by atoms with van der Waals surface area (Å²) in [6.07, 6.45) is 2.07. The van der Waals surface area contributed by atoms with E-state index in [2.05, 4.69) is 5.32 Å². The Morgan fingerprint density at radius 3 is 2.82 bits per heavy atom. The van der Waals surface area contributed by atoms with Crippen molar-refractivity contribution in [3.8, 4) is 0 Å². The predicted molar refractivity (Wildman–Crippen MR) is 77.5 cm³/mol. The third kappa shape index (κ3) is 5.44. The molecule has 1 saturated carbocycles. The normalized spacial score (nSPS) is 15.2. The summed E-state index contributed by atoms with van der Waals surface area (Å²) in [5.41, 5.74) is 0.521. The highest BCUT2D eigenvalue weighted by molar-refractivity contribution is 5.79. The van der Waals surface area contributed by atoms with Gasteiger partial charge in [-0.2, -0.15) is 0 Å². The first kappa shape index (κ1) is 16.4. The first-order valence-electron chi connectivity index (χ1n) is 7.40. The molecule has 0 heterocycles. The molecule has 0 aromatic heterocycles. The highest BCUT2D eigenvalue weighted by Gasteiger charge is 2.24. The zero-order chi connectivity index (χ0) is 15.9. The maximum Gasteiger partial charge on any atom is 0.308 e. The van der Waals surface area contributed by atoms with E-state index in [4.69, 9.17) is 9.47 Å². The Kier molecular flexibility index (Phi) is 5.89. The zero-order valence-corrected chi connectivity index (χ0v) is 12.5.